The fourth-order valence-corrected chi connectivity index (χ4v) is 2.85. The minimum absolute atomic E-state index is 0.770. The highest BCUT2D eigenvalue weighted by Gasteiger charge is 2.19. The van der Waals surface area contributed by atoms with Crippen molar-refractivity contribution in [2.24, 2.45) is 0 Å². The summed E-state index contributed by atoms with van der Waals surface area (Å²) in [6.45, 7) is 5.15. The molecule has 0 radical (unpaired) electrons. The number of aryl methyl sites for hydroxylation is 1. The molecule has 0 fully saturated rings. The van der Waals surface area contributed by atoms with Gasteiger partial charge in [0, 0.05) is 41.4 Å². The maximum absolute atomic E-state index is 5.97. The summed E-state index contributed by atoms with van der Waals surface area (Å²) >= 11 is 5.97. The Morgan fingerprint density at radius 2 is 1.95 bits per heavy atom. The van der Waals surface area contributed by atoms with Gasteiger partial charge >= 0.3 is 0 Å². The van der Waals surface area contributed by atoms with E-state index in [-0.39, 0.29) is 0 Å². The molecule has 2 aromatic rings. The molecule has 3 nitrogen and oxygen atoms in total. The number of hydrogen-bond acceptors (Lipinski definition) is 2. The van der Waals surface area contributed by atoms with Gasteiger partial charge in [0.2, 0.25) is 0 Å². The van der Waals surface area contributed by atoms with Gasteiger partial charge in [-0.1, -0.05) is 23.7 Å². The number of benzene rings is 1. The van der Waals surface area contributed by atoms with Crippen LogP contribution in [0.2, 0.25) is 5.02 Å². The molecule has 100 valence electrons. The van der Waals surface area contributed by atoms with Crippen LogP contribution in [0.25, 0.3) is 11.3 Å². The molecule has 0 saturated carbocycles. The Balaban J connectivity index is 2.10. The van der Waals surface area contributed by atoms with Gasteiger partial charge in [-0.15, -0.1) is 0 Å². The molecule has 1 aromatic heterocycles. The van der Waals surface area contributed by atoms with Crippen LogP contribution < -0.4 is 5.32 Å². The van der Waals surface area contributed by atoms with Gasteiger partial charge in [-0.2, -0.15) is 5.10 Å². The predicted molar refractivity (Wildman–Crippen MR) is 78.6 cm³/mol. The Morgan fingerprint density at radius 3 is 2.68 bits per heavy atom. The van der Waals surface area contributed by atoms with Gasteiger partial charge in [0.1, 0.15) is 0 Å². The average Bonchev–Trinajstić information content (AvgIpc) is 2.61. The largest absolute Gasteiger partial charge is 0.316 e. The van der Waals surface area contributed by atoms with Crippen LogP contribution in [0.3, 0.4) is 0 Å². The number of nitrogens with zero attached hydrogens (tertiary/aromatic N) is 2. The number of halogens is 1. The van der Waals surface area contributed by atoms with Crippen LogP contribution in [0.4, 0.5) is 0 Å². The molecular weight excluding hydrogens is 258 g/mol. The minimum atomic E-state index is 0.770. The van der Waals surface area contributed by atoms with Crippen LogP contribution >= 0.6 is 11.6 Å². The van der Waals surface area contributed by atoms with Crippen LogP contribution in [0.15, 0.2) is 24.3 Å². The molecule has 0 aliphatic carbocycles. The monoisotopic (exact) mass is 275 g/mol. The van der Waals surface area contributed by atoms with E-state index < -0.39 is 0 Å². The van der Waals surface area contributed by atoms with Gasteiger partial charge in [0.05, 0.1) is 5.69 Å². The van der Waals surface area contributed by atoms with E-state index in [0.29, 0.717) is 0 Å². The Hall–Kier alpha value is -1.32. The second-order valence-corrected chi connectivity index (χ2v) is 5.28. The van der Waals surface area contributed by atoms with Gasteiger partial charge in [-0.05, 0) is 32.0 Å². The van der Waals surface area contributed by atoms with Gasteiger partial charge in [0.15, 0.2) is 0 Å². The van der Waals surface area contributed by atoms with Crippen molar-refractivity contribution < 1.29 is 0 Å². The number of rotatable bonds is 2. The predicted octanol–water partition coefficient (Wildman–Crippen LogP) is 2.91. The lowest BCUT2D eigenvalue weighted by Crippen LogP contribution is -2.17. The second kappa shape index (κ2) is 5.35. The van der Waals surface area contributed by atoms with Crippen LogP contribution in [0.1, 0.15) is 18.2 Å². The summed E-state index contributed by atoms with van der Waals surface area (Å²) in [4.78, 5) is 0. The Morgan fingerprint density at radius 1 is 1.21 bits per heavy atom. The topological polar surface area (TPSA) is 29.9 Å². The van der Waals surface area contributed by atoms with Gasteiger partial charge in [-0.25, -0.2) is 0 Å². The van der Waals surface area contributed by atoms with Crippen molar-refractivity contribution in [1.82, 2.24) is 15.1 Å². The molecule has 0 bridgehead atoms. The van der Waals surface area contributed by atoms with Crippen LogP contribution in [-0.2, 0) is 19.4 Å². The third-order valence-electron chi connectivity index (χ3n) is 3.67. The molecule has 1 N–H and O–H groups in total. The maximum Gasteiger partial charge on any atom is 0.0958 e. The highest BCUT2D eigenvalue weighted by molar-refractivity contribution is 6.30. The van der Waals surface area contributed by atoms with Crippen molar-refractivity contribution in [2.45, 2.75) is 26.3 Å². The summed E-state index contributed by atoms with van der Waals surface area (Å²) in [6, 6.07) is 7.99. The fourth-order valence-electron chi connectivity index (χ4n) is 2.72. The molecule has 0 amide bonds. The summed E-state index contributed by atoms with van der Waals surface area (Å²) in [5, 5.41) is 9.02. The first-order chi connectivity index (χ1) is 9.29. The van der Waals surface area contributed by atoms with E-state index in [4.69, 9.17) is 16.7 Å². The molecule has 0 atom stereocenters. The Kier molecular flexibility index (Phi) is 3.58. The zero-order valence-corrected chi connectivity index (χ0v) is 11.9. The van der Waals surface area contributed by atoms with Crippen molar-refractivity contribution in [3.63, 3.8) is 0 Å². The van der Waals surface area contributed by atoms with Gasteiger partial charge < -0.3 is 5.32 Å². The van der Waals surface area contributed by atoms with Gasteiger partial charge in [-0.3, -0.25) is 4.68 Å². The molecule has 19 heavy (non-hydrogen) atoms. The standard InChI is InChI=1S/C15H18ClN3/c1-2-19-14-8-10-17-9-7-13(14)15(18-19)11-3-5-12(16)6-4-11/h3-6,17H,2,7-10H2,1H3. The average molecular weight is 276 g/mol. The smallest absolute Gasteiger partial charge is 0.0958 e. The SMILES string of the molecule is CCn1nc(-c2ccc(Cl)cc2)c2c1CCNCC2. The fraction of sp³-hybridized carbons (Fsp3) is 0.400. The lowest BCUT2D eigenvalue weighted by molar-refractivity contribution is 0.610. The molecule has 0 unspecified atom stereocenters. The third-order valence-corrected chi connectivity index (χ3v) is 3.93. The summed E-state index contributed by atoms with van der Waals surface area (Å²) in [7, 11) is 0. The normalized spacial score (nSPS) is 15.1. The molecular formula is C15H18ClN3. The lowest BCUT2D eigenvalue weighted by atomic mass is 10.0. The maximum atomic E-state index is 5.97. The van der Waals surface area contributed by atoms with Crippen LogP contribution in [0, 0.1) is 0 Å². The minimum Gasteiger partial charge on any atom is -0.316 e. The van der Waals surface area contributed by atoms with Gasteiger partial charge in [0.25, 0.3) is 0 Å². The first-order valence-electron chi connectivity index (χ1n) is 6.85. The van der Waals surface area contributed by atoms with E-state index in [1.165, 1.54) is 11.3 Å². The second-order valence-electron chi connectivity index (χ2n) is 4.85. The van der Waals surface area contributed by atoms with Crippen molar-refractivity contribution >= 4 is 11.6 Å². The molecule has 0 spiro atoms. The molecule has 3 rings (SSSR count). The van der Waals surface area contributed by atoms with E-state index >= 15 is 0 Å². The van der Waals surface area contributed by atoms with Crippen molar-refractivity contribution in [2.75, 3.05) is 13.1 Å². The van der Waals surface area contributed by atoms with E-state index in [1.54, 1.807) is 0 Å². The van der Waals surface area contributed by atoms with Crippen LogP contribution in [-0.4, -0.2) is 22.9 Å². The quantitative estimate of drug-likeness (QED) is 0.913. The summed E-state index contributed by atoms with van der Waals surface area (Å²) in [6.07, 6.45) is 2.11. The van der Waals surface area contributed by atoms with E-state index in [2.05, 4.69) is 29.1 Å². The summed E-state index contributed by atoms with van der Waals surface area (Å²) in [5.41, 5.74) is 5.07. The lowest BCUT2D eigenvalue weighted by Gasteiger charge is -2.03. The number of fused-ring (bicyclic) bond motifs is 1. The molecule has 1 aromatic carbocycles. The van der Waals surface area contributed by atoms with Crippen molar-refractivity contribution in [3.05, 3.63) is 40.5 Å². The molecule has 0 saturated heterocycles. The molecule has 1 aliphatic heterocycles. The first-order valence-corrected chi connectivity index (χ1v) is 7.22. The third kappa shape index (κ3) is 2.40. The number of hydrogen-bond donors (Lipinski definition) is 1. The van der Waals surface area contributed by atoms with E-state index in [1.807, 2.05) is 12.1 Å². The zero-order chi connectivity index (χ0) is 13.2. The number of aromatic nitrogens is 2. The Labute approximate surface area is 118 Å². The van der Waals surface area contributed by atoms with Crippen molar-refractivity contribution in [1.29, 1.82) is 0 Å². The van der Waals surface area contributed by atoms with E-state index in [9.17, 15) is 0 Å². The highest BCUT2D eigenvalue weighted by atomic mass is 35.5. The number of nitrogens with one attached hydrogen (secondary N) is 1. The van der Waals surface area contributed by atoms with Crippen molar-refractivity contribution in [3.8, 4) is 11.3 Å². The highest BCUT2D eigenvalue weighted by Crippen LogP contribution is 2.28. The summed E-state index contributed by atoms with van der Waals surface area (Å²) < 4.78 is 2.15. The van der Waals surface area contributed by atoms with Crippen LogP contribution in [0.5, 0.6) is 0 Å². The summed E-state index contributed by atoms with van der Waals surface area (Å²) in [5.74, 6) is 0. The Bertz CT molecular complexity index is 572. The molecule has 4 heteroatoms. The van der Waals surface area contributed by atoms with E-state index in [0.717, 1.165) is 48.8 Å². The molecule has 1 aliphatic rings. The first kappa shape index (κ1) is 12.7. The molecule has 2 heterocycles. The zero-order valence-electron chi connectivity index (χ0n) is 11.1.